The highest BCUT2D eigenvalue weighted by molar-refractivity contribution is 5.22. The third-order valence-corrected chi connectivity index (χ3v) is 6.68. The van der Waals surface area contributed by atoms with Crippen molar-refractivity contribution in [2.75, 3.05) is 6.67 Å². The van der Waals surface area contributed by atoms with Gasteiger partial charge in [0.15, 0.2) is 0 Å². The Kier molecular flexibility index (Phi) is 6.84. The normalized spacial score (nSPS) is 30.4. The average Bonchev–Trinajstić information content (AvgIpc) is 2.62. The Morgan fingerprint density at radius 3 is 1.84 bits per heavy atom. The predicted molar refractivity (Wildman–Crippen MR) is 96.3 cm³/mol. The molecule has 0 aromatic heterocycles. The van der Waals surface area contributed by atoms with Crippen molar-refractivity contribution in [3.8, 4) is 0 Å². The van der Waals surface area contributed by atoms with Crippen LogP contribution in [0.3, 0.4) is 0 Å². The van der Waals surface area contributed by atoms with Gasteiger partial charge in [0, 0.05) is 6.07 Å². The summed E-state index contributed by atoms with van der Waals surface area (Å²) in [5.74, 6) is 1.85. The fourth-order valence-corrected chi connectivity index (χ4v) is 5.21. The van der Waals surface area contributed by atoms with Crippen molar-refractivity contribution in [3.63, 3.8) is 0 Å². The Bertz CT molecular complexity index is 506. The second-order valence-corrected chi connectivity index (χ2v) is 8.28. The maximum absolute atomic E-state index is 13.4. The minimum atomic E-state index is -0.455. The van der Waals surface area contributed by atoms with Gasteiger partial charge in [-0.1, -0.05) is 25.7 Å². The van der Waals surface area contributed by atoms with Crippen molar-refractivity contribution in [1.82, 2.24) is 0 Å². The Morgan fingerprint density at radius 2 is 1.28 bits per heavy atom. The molecule has 0 aliphatic heterocycles. The number of hydrogen-bond acceptors (Lipinski definition) is 0. The number of alkyl halides is 1. The molecule has 1 aromatic rings. The van der Waals surface area contributed by atoms with Crippen molar-refractivity contribution in [2.24, 2.45) is 17.8 Å². The summed E-state index contributed by atoms with van der Waals surface area (Å²) < 4.78 is 39.1. The van der Waals surface area contributed by atoms with E-state index in [-0.39, 0.29) is 6.67 Å². The van der Waals surface area contributed by atoms with Crippen molar-refractivity contribution in [3.05, 3.63) is 35.4 Å². The van der Waals surface area contributed by atoms with Gasteiger partial charge in [-0.15, -0.1) is 0 Å². The van der Waals surface area contributed by atoms with Crippen LogP contribution in [0.1, 0.15) is 82.1 Å². The average molecular weight is 352 g/mol. The van der Waals surface area contributed by atoms with Gasteiger partial charge in [-0.05, 0) is 86.3 Å². The van der Waals surface area contributed by atoms with Crippen LogP contribution in [0.4, 0.5) is 13.2 Å². The van der Waals surface area contributed by atoms with Crippen molar-refractivity contribution >= 4 is 0 Å². The molecule has 0 saturated heterocycles. The minimum Gasteiger partial charge on any atom is -0.251 e. The molecular formula is C22H31F3. The molecule has 3 heteroatoms. The zero-order valence-corrected chi connectivity index (χ0v) is 15.2. The predicted octanol–water partition coefficient (Wildman–Crippen LogP) is 7.18. The monoisotopic (exact) mass is 352 g/mol. The lowest BCUT2D eigenvalue weighted by molar-refractivity contribution is 0.155. The molecule has 0 nitrogen and oxygen atoms in total. The van der Waals surface area contributed by atoms with Crippen LogP contribution in [0.5, 0.6) is 0 Å². The summed E-state index contributed by atoms with van der Waals surface area (Å²) in [6.07, 6.45) is 12.8. The third-order valence-electron chi connectivity index (χ3n) is 6.68. The molecule has 0 heterocycles. The van der Waals surface area contributed by atoms with Crippen LogP contribution < -0.4 is 0 Å². The molecule has 2 saturated carbocycles. The van der Waals surface area contributed by atoms with E-state index in [1.807, 2.05) is 0 Å². The summed E-state index contributed by atoms with van der Waals surface area (Å²) in [6.45, 7) is -0.173. The Morgan fingerprint density at radius 1 is 0.720 bits per heavy atom. The Balaban J connectivity index is 1.44. The molecule has 140 valence electrons. The van der Waals surface area contributed by atoms with E-state index in [4.69, 9.17) is 0 Å². The quantitative estimate of drug-likeness (QED) is 0.475. The van der Waals surface area contributed by atoms with Crippen LogP contribution in [-0.2, 0) is 0 Å². The highest BCUT2D eigenvalue weighted by Crippen LogP contribution is 2.44. The van der Waals surface area contributed by atoms with Crippen molar-refractivity contribution in [1.29, 1.82) is 0 Å². The first-order chi connectivity index (χ1) is 12.2. The molecule has 0 atom stereocenters. The van der Waals surface area contributed by atoms with Gasteiger partial charge in [0.2, 0.25) is 0 Å². The first-order valence-corrected chi connectivity index (χ1v) is 10.2. The molecule has 2 aliphatic carbocycles. The first-order valence-electron chi connectivity index (χ1n) is 10.2. The third kappa shape index (κ3) is 5.24. The molecule has 0 bridgehead atoms. The van der Waals surface area contributed by atoms with Crippen LogP contribution in [0.25, 0.3) is 0 Å². The molecule has 1 aromatic carbocycles. The van der Waals surface area contributed by atoms with Gasteiger partial charge in [0.1, 0.15) is 11.6 Å². The van der Waals surface area contributed by atoms with Crippen LogP contribution in [-0.4, -0.2) is 6.67 Å². The van der Waals surface area contributed by atoms with E-state index in [1.54, 1.807) is 0 Å². The number of halogens is 3. The molecule has 3 rings (SSSR count). The van der Waals surface area contributed by atoms with Crippen LogP contribution in [0.2, 0.25) is 0 Å². The Hall–Kier alpha value is -0.990. The van der Waals surface area contributed by atoms with Crippen molar-refractivity contribution < 1.29 is 13.2 Å². The van der Waals surface area contributed by atoms with E-state index >= 15 is 0 Å². The van der Waals surface area contributed by atoms with Gasteiger partial charge in [-0.2, -0.15) is 0 Å². The van der Waals surface area contributed by atoms with Gasteiger partial charge >= 0.3 is 0 Å². The summed E-state index contributed by atoms with van der Waals surface area (Å²) in [6, 6.07) is 3.98. The molecule has 2 aliphatic rings. The maximum Gasteiger partial charge on any atom is 0.126 e. The molecule has 2 fully saturated rings. The zero-order chi connectivity index (χ0) is 17.6. The van der Waals surface area contributed by atoms with E-state index in [2.05, 4.69) is 0 Å². The highest BCUT2D eigenvalue weighted by atomic mass is 19.1. The molecule has 0 spiro atoms. The van der Waals surface area contributed by atoms with Crippen LogP contribution >= 0.6 is 0 Å². The van der Waals surface area contributed by atoms with E-state index in [0.717, 1.165) is 55.1 Å². The van der Waals surface area contributed by atoms with Gasteiger partial charge in [0.05, 0.1) is 6.67 Å². The fourth-order valence-electron chi connectivity index (χ4n) is 5.21. The smallest absolute Gasteiger partial charge is 0.126 e. The lowest BCUT2D eigenvalue weighted by Gasteiger charge is -2.38. The number of rotatable bonds is 6. The highest BCUT2D eigenvalue weighted by Gasteiger charge is 2.31. The summed E-state index contributed by atoms with van der Waals surface area (Å²) in [5.41, 5.74) is 0.840. The fraction of sp³-hybridized carbons (Fsp3) is 0.727. The number of benzene rings is 1. The molecule has 0 unspecified atom stereocenters. The zero-order valence-electron chi connectivity index (χ0n) is 15.2. The summed E-state index contributed by atoms with van der Waals surface area (Å²) in [4.78, 5) is 0. The summed E-state index contributed by atoms with van der Waals surface area (Å²) >= 11 is 0. The van der Waals surface area contributed by atoms with E-state index in [9.17, 15) is 13.2 Å². The topological polar surface area (TPSA) is 0 Å². The van der Waals surface area contributed by atoms with Gasteiger partial charge in [-0.25, -0.2) is 8.78 Å². The lowest BCUT2D eigenvalue weighted by atomic mass is 9.68. The van der Waals surface area contributed by atoms with Gasteiger partial charge in [0.25, 0.3) is 0 Å². The number of hydrogen-bond donors (Lipinski definition) is 0. The van der Waals surface area contributed by atoms with Crippen molar-refractivity contribution in [2.45, 2.75) is 76.5 Å². The molecule has 0 amide bonds. The molecule has 0 radical (unpaired) electrons. The summed E-state index contributed by atoms with van der Waals surface area (Å²) in [5, 5.41) is 0. The number of unbranched alkanes of at least 4 members (excludes halogenated alkanes) is 1. The first kappa shape index (κ1) is 18.8. The van der Waals surface area contributed by atoms with Gasteiger partial charge in [-0.3, -0.25) is 4.39 Å². The standard InChI is InChI=1S/C22H31F3/c23-12-2-1-3-16-4-6-17(7-5-16)18-8-10-19(11-9-18)20-13-21(24)15-22(25)14-20/h13-19H,1-12H2. The van der Waals surface area contributed by atoms with Crippen LogP contribution in [0.15, 0.2) is 18.2 Å². The van der Waals surface area contributed by atoms with E-state index < -0.39 is 11.6 Å². The second-order valence-electron chi connectivity index (χ2n) is 8.28. The molecular weight excluding hydrogens is 321 g/mol. The van der Waals surface area contributed by atoms with E-state index in [0.29, 0.717) is 5.92 Å². The maximum atomic E-state index is 13.4. The second kappa shape index (κ2) is 9.09. The molecule has 0 N–H and O–H groups in total. The largest absolute Gasteiger partial charge is 0.251 e. The van der Waals surface area contributed by atoms with Gasteiger partial charge < -0.3 is 0 Å². The Labute approximate surface area is 150 Å². The van der Waals surface area contributed by atoms with E-state index in [1.165, 1.54) is 57.1 Å². The molecule has 25 heavy (non-hydrogen) atoms. The minimum absolute atomic E-state index is 0.173. The SMILES string of the molecule is FCCCCC1CCC(C2CCC(c3cc(F)cc(F)c3)CC2)CC1. The summed E-state index contributed by atoms with van der Waals surface area (Å²) in [7, 11) is 0. The van der Waals surface area contributed by atoms with Crippen LogP contribution in [0, 0.1) is 29.4 Å². The lowest BCUT2D eigenvalue weighted by Crippen LogP contribution is -2.25.